The third-order valence-electron chi connectivity index (χ3n) is 3.91. The zero-order valence-electron chi connectivity index (χ0n) is 12.3. The SMILES string of the molecule is Cl.O=C(NCC(N1CCNCC1)C(F)(F)F)C1CCCCO1. The van der Waals surface area contributed by atoms with Gasteiger partial charge in [0.05, 0.1) is 0 Å². The molecule has 0 radical (unpaired) electrons. The molecule has 2 fully saturated rings. The molecule has 2 atom stereocenters. The molecule has 2 aliphatic heterocycles. The Bertz CT molecular complexity index is 346. The van der Waals surface area contributed by atoms with Gasteiger partial charge in [0.2, 0.25) is 5.91 Å². The molecular formula is C13H23ClF3N3O2. The molecule has 0 bridgehead atoms. The fourth-order valence-electron chi connectivity index (χ4n) is 2.70. The van der Waals surface area contributed by atoms with Crippen LogP contribution < -0.4 is 10.6 Å². The van der Waals surface area contributed by atoms with Crippen molar-refractivity contribution in [3.8, 4) is 0 Å². The average Bonchev–Trinajstić information content (AvgIpc) is 2.48. The molecule has 2 rings (SSSR count). The van der Waals surface area contributed by atoms with Crippen LogP contribution in [0.15, 0.2) is 0 Å². The number of nitrogens with zero attached hydrogens (tertiary/aromatic N) is 1. The zero-order valence-corrected chi connectivity index (χ0v) is 13.1. The van der Waals surface area contributed by atoms with Crippen LogP contribution in [0.1, 0.15) is 19.3 Å². The Morgan fingerprint density at radius 1 is 1.32 bits per heavy atom. The lowest BCUT2D eigenvalue weighted by atomic mass is 10.1. The third kappa shape index (κ3) is 5.57. The highest BCUT2D eigenvalue weighted by Gasteiger charge is 2.44. The number of piperazine rings is 1. The summed E-state index contributed by atoms with van der Waals surface area (Å²) >= 11 is 0. The maximum absolute atomic E-state index is 13.2. The van der Waals surface area contributed by atoms with E-state index in [1.54, 1.807) is 0 Å². The Kier molecular flexibility index (Phi) is 7.88. The third-order valence-corrected chi connectivity index (χ3v) is 3.91. The minimum Gasteiger partial charge on any atom is -0.368 e. The van der Waals surface area contributed by atoms with E-state index in [4.69, 9.17) is 4.74 Å². The van der Waals surface area contributed by atoms with Crippen LogP contribution >= 0.6 is 12.4 Å². The van der Waals surface area contributed by atoms with Gasteiger partial charge in [0.25, 0.3) is 0 Å². The van der Waals surface area contributed by atoms with E-state index in [9.17, 15) is 18.0 Å². The molecule has 2 N–H and O–H groups in total. The Hall–Kier alpha value is -0.570. The number of ether oxygens (including phenoxy) is 1. The molecule has 0 aromatic carbocycles. The van der Waals surface area contributed by atoms with E-state index < -0.39 is 30.8 Å². The largest absolute Gasteiger partial charge is 0.405 e. The first-order chi connectivity index (χ1) is 9.98. The number of hydrogen-bond donors (Lipinski definition) is 2. The Labute approximate surface area is 134 Å². The first kappa shape index (κ1) is 19.5. The first-order valence-corrected chi connectivity index (χ1v) is 7.39. The van der Waals surface area contributed by atoms with Crippen LogP contribution in [-0.2, 0) is 9.53 Å². The van der Waals surface area contributed by atoms with Gasteiger partial charge in [-0.05, 0) is 19.3 Å². The molecule has 22 heavy (non-hydrogen) atoms. The van der Waals surface area contributed by atoms with Gasteiger partial charge in [0.15, 0.2) is 0 Å². The van der Waals surface area contributed by atoms with Gasteiger partial charge >= 0.3 is 6.18 Å². The minimum atomic E-state index is -4.35. The summed E-state index contributed by atoms with van der Waals surface area (Å²) in [6, 6.07) is -1.63. The molecule has 1 amide bonds. The Morgan fingerprint density at radius 2 is 2.00 bits per heavy atom. The summed E-state index contributed by atoms with van der Waals surface area (Å²) in [6.45, 7) is 1.82. The van der Waals surface area contributed by atoms with E-state index in [0.29, 0.717) is 39.2 Å². The maximum atomic E-state index is 13.2. The van der Waals surface area contributed by atoms with Crippen LogP contribution in [-0.4, -0.2) is 68.5 Å². The second kappa shape index (κ2) is 8.90. The monoisotopic (exact) mass is 345 g/mol. The van der Waals surface area contributed by atoms with Gasteiger partial charge in [0.1, 0.15) is 12.1 Å². The summed E-state index contributed by atoms with van der Waals surface area (Å²) < 4.78 is 44.7. The van der Waals surface area contributed by atoms with Crippen molar-refractivity contribution in [2.75, 3.05) is 39.3 Å². The summed E-state index contributed by atoms with van der Waals surface area (Å²) in [5.74, 6) is -0.431. The summed E-state index contributed by atoms with van der Waals surface area (Å²) in [4.78, 5) is 13.3. The number of carbonyl (C=O) groups excluding carboxylic acids is 1. The second-order valence-corrected chi connectivity index (χ2v) is 5.44. The van der Waals surface area contributed by atoms with Crippen molar-refractivity contribution in [2.45, 2.75) is 37.6 Å². The molecule has 0 spiro atoms. The number of carbonyl (C=O) groups is 1. The van der Waals surface area contributed by atoms with Crippen molar-refractivity contribution in [2.24, 2.45) is 0 Å². The molecule has 0 aromatic heterocycles. The quantitative estimate of drug-likeness (QED) is 0.796. The number of amides is 1. The number of nitrogens with one attached hydrogen (secondary N) is 2. The van der Waals surface area contributed by atoms with E-state index in [0.717, 1.165) is 12.8 Å². The van der Waals surface area contributed by atoms with E-state index in [1.807, 2.05) is 0 Å². The highest BCUT2D eigenvalue weighted by atomic mass is 35.5. The van der Waals surface area contributed by atoms with Gasteiger partial charge in [-0.15, -0.1) is 12.4 Å². The van der Waals surface area contributed by atoms with Gasteiger partial charge in [-0.1, -0.05) is 0 Å². The number of halogens is 4. The lowest BCUT2D eigenvalue weighted by Crippen LogP contribution is -2.58. The summed E-state index contributed by atoms with van der Waals surface area (Å²) in [7, 11) is 0. The molecule has 2 saturated heterocycles. The molecule has 5 nitrogen and oxygen atoms in total. The molecule has 2 unspecified atom stereocenters. The Balaban J connectivity index is 0.00000242. The predicted molar refractivity (Wildman–Crippen MR) is 78.1 cm³/mol. The summed E-state index contributed by atoms with van der Waals surface area (Å²) in [5, 5.41) is 5.43. The first-order valence-electron chi connectivity index (χ1n) is 7.39. The molecule has 0 saturated carbocycles. The molecule has 2 heterocycles. The van der Waals surface area contributed by atoms with Gasteiger partial charge in [-0.3, -0.25) is 9.69 Å². The van der Waals surface area contributed by atoms with Crippen molar-refractivity contribution < 1.29 is 22.7 Å². The van der Waals surface area contributed by atoms with Gasteiger partial charge in [0, 0.05) is 39.3 Å². The van der Waals surface area contributed by atoms with Crippen LogP contribution in [0, 0.1) is 0 Å². The molecule has 0 aliphatic carbocycles. The molecular weight excluding hydrogens is 323 g/mol. The highest BCUT2D eigenvalue weighted by molar-refractivity contribution is 5.85. The second-order valence-electron chi connectivity index (χ2n) is 5.44. The molecule has 2 aliphatic rings. The zero-order chi connectivity index (χ0) is 15.3. The van der Waals surface area contributed by atoms with Crippen molar-refractivity contribution >= 4 is 18.3 Å². The summed E-state index contributed by atoms with van der Waals surface area (Å²) in [5.41, 5.74) is 0. The highest BCUT2D eigenvalue weighted by Crippen LogP contribution is 2.25. The minimum absolute atomic E-state index is 0. The maximum Gasteiger partial charge on any atom is 0.405 e. The van der Waals surface area contributed by atoms with Crippen LogP contribution in [0.3, 0.4) is 0 Å². The predicted octanol–water partition coefficient (Wildman–Crippen LogP) is 0.930. The number of rotatable bonds is 4. The van der Waals surface area contributed by atoms with E-state index >= 15 is 0 Å². The van der Waals surface area contributed by atoms with Gasteiger partial charge in [-0.25, -0.2) is 0 Å². The van der Waals surface area contributed by atoms with Crippen molar-refractivity contribution in [1.82, 2.24) is 15.5 Å². The van der Waals surface area contributed by atoms with Crippen LogP contribution in [0.25, 0.3) is 0 Å². The lowest BCUT2D eigenvalue weighted by molar-refractivity contribution is -0.184. The van der Waals surface area contributed by atoms with Crippen LogP contribution in [0.2, 0.25) is 0 Å². The van der Waals surface area contributed by atoms with E-state index in [-0.39, 0.29) is 12.4 Å². The van der Waals surface area contributed by atoms with Crippen LogP contribution in [0.4, 0.5) is 13.2 Å². The average molecular weight is 346 g/mol. The standard InChI is InChI=1S/C13H22F3N3O2.ClH/c14-13(15,16)11(19-6-4-17-5-7-19)9-18-12(20)10-3-1-2-8-21-10;/h10-11,17H,1-9H2,(H,18,20);1H. The molecule has 0 aromatic rings. The van der Waals surface area contributed by atoms with E-state index in [1.165, 1.54) is 4.90 Å². The fraction of sp³-hybridized carbons (Fsp3) is 0.923. The summed E-state index contributed by atoms with van der Waals surface area (Å²) in [6.07, 6.45) is -2.60. The van der Waals surface area contributed by atoms with Crippen LogP contribution in [0.5, 0.6) is 0 Å². The topological polar surface area (TPSA) is 53.6 Å². The van der Waals surface area contributed by atoms with E-state index in [2.05, 4.69) is 10.6 Å². The van der Waals surface area contributed by atoms with Gasteiger partial charge in [-0.2, -0.15) is 13.2 Å². The Morgan fingerprint density at radius 3 is 2.55 bits per heavy atom. The smallest absolute Gasteiger partial charge is 0.368 e. The van der Waals surface area contributed by atoms with Crippen molar-refractivity contribution in [3.63, 3.8) is 0 Å². The number of hydrogen-bond acceptors (Lipinski definition) is 4. The fourth-order valence-corrected chi connectivity index (χ4v) is 2.70. The van der Waals surface area contributed by atoms with Crippen molar-refractivity contribution in [1.29, 1.82) is 0 Å². The van der Waals surface area contributed by atoms with Crippen molar-refractivity contribution in [3.05, 3.63) is 0 Å². The molecule has 9 heteroatoms. The normalized spacial score (nSPS) is 25.1. The number of alkyl halides is 3. The lowest BCUT2D eigenvalue weighted by Gasteiger charge is -2.36. The van der Waals surface area contributed by atoms with Gasteiger partial charge < -0.3 is 15.4 Å². The molecule has 130 valence electrons.